The van der Waals surface area contributed by atoms with Gasteiger partial charge in [0.25, 0.3) is 0 Å². The Morgan fingerprint density at radius 1 is 1.32 bits per heavy atom. The van der Waals surface area contributed by atoms with Crippen LogP contribution in [0.15, 0.2) is 12.7 Å². The molecule has 0 heterocycles. The van der Waals surface area contributed by atoms with Gasteiger partial charge in [-0.3, -0.25) is 4.79 Å². The Kier molecular flexibility index (Phi) is 13.8. The minimum atomic E-state index is -1.02. The summed E-state index contributed by atoms with van der Waals surface area (Å²) < 4.78 is -0.647. The highest BCUT2D eigenvalue weighted by Gasteiger charge is 2.27. The number of allylic oxidation sites excluding steroid dienone is 1. The molecule has 4 heteroatoms. The molecule has 0 unspecified atom stereocenters. The molecule has 0 aliphatic rings. The Bertz CT molecular complexity index is 237. The third kappa shape index (κ3) is 15.5. The van der Waals surface area contributed by atoms with E-state index in [0.29, 0.717) is 0 Å². The molecule has 0 spiro atoms. The van der Waals surface area contributed by atoms with Gasteiger partial charge in [-0.15, -0.1) is 6.58 Å². The van der Waals surface area contributed by atoms with Crippen molar-refractivity contribution in [3.8, 4) is 0 Å². The quantitative estimate of drug-likeness (QED) is 0.341. The highest BCUT2D eigenvalue weighted by Crippen LogP contribution is 2.15. The van der Waals surface area contributed by atoms with Gasteiger partial charge < -0.3 is 10.8 Å². The van der Waals surface area contributed by atoms with Gasteiger partial charge in [-0.1, -0.05) is 45.1 Å². The van der Waals surface area contributed by atoms with Crippen LogP contribution in [0.1, 0.15) is 65.7 Å². The van der Waals surface area contributed by atoms with Crippen molar-refractivity contribution in [3.05, 3.63) is 12.7 Å². The van der Waals surface area contributed by atoms with Crippen molar-refractivity contribution in [3.63, 3.8) is 0 Å². The Hall–Kier alpha value is -0.480. The first kappa shape index (κ1) is 20.8. The average Bonchev–Trinajstić information content (AvgIpc) is 2.32. The van der Waals surface area contributed by atoms with Gasteiger partial charge in [0.2, 0.25) is 0 Å². The predicted octanol–water partition coefficient (Wildman–Crippen LogP) is 4.03. The highest BCUT2D eigenvalue weighted by molar-refractivity contribution is 7.81. The number of hydrogen-bond donors (Lipinski definition) is 3. The molecule has 19 heavy (non-hydrogen) atoms. The summed E-state index contributed by atoms with van der Waals surface area (Å²) in [5.41, 5.74) is 5.22. The van der Waals surface area contributed by atoms with Crippen molar-refractivity contribution < 1.29 is 9.90 Å². The van der Waals surface area contributed by atoms with Crippen molar-refractivity contribution in [2.75, 3.05) is 0 Å². The first-order chi connectivity index (χ1) is 8.77. The van der Waals surface area contributed by atoms with Crippen LogP contribution in [0.2, 0.25) is 0 Å². The van der Waals surface area contributed by atoms with Crippen LogP contribution in [0.25, 0.3) is 0 Å². The maximum atomic E-state index is 10.2. The Labute approximate surface area is 124 Å². The number of carboxylic acid groups (broad SMARTS) is 1. The topological polar surface area (TPSA) is 63.3 Å². The third-order valence-corrected chi connectivity index (χ3v) is 3.07. The van der Waals surface area contributed by atoms with Gasteiger partial charge >= 0.3 is 5.97 Å². The van der Waals surface area contributed by atoms with E-state index in [4.69, 9.17) is 10.8 Å². The van der Waals surface area contributed by atoms with E-state index in [1.54, 1.807) is 13.8 Å². The number of carbonyl (C=O) groups is 1. The van der Waals surface area contributed by atoms with E-state index in [1.165, 1.54) is 44.9 Å². The molecule has 0 aromatic carbocycles. The van der Waals surface area contributed by atoms with E-state index in [0.717, 1.165) is 0 Å². The van der Waals surface area contributed by atoms with E-state index in [2.05, 4.69) is 26.1 Å². The van der Waals surface area contributed by atoms with Crippen LogP contribution in [0.4, 0.5) is 0 Å². The Balaban J connectivity index is 0. The number of thiol groups is 1. The summed E-state index contributed by atoms with van der Waals surface area (Å²) in [4.78, 5) is 10.2. The lowest BCUT2D eigenvalue weighted by Gasteiger charge is -2.21. The van der Waals surface area contributed by atoms with Crippen LogP contribution in [-0.2, 0) is 4.79 Å². The Morgan fingerprint density at radius 3 is 2.11 bits per heavy atom. The highest BCUT2D eigenvalue weighted by atomic mass is 32.1. The van der Waals surface area contributed by atoms with Gasteiger partial charge in [-0.25, -0.2) is 0 Å². The first-order valence-corrected chi connectivity index (χ1v) is 7.53. The summed E-state index contributed by atoms with van der Waals surface area (Å²) in [6, 6.07) is -0.902. The first-order valence-electron chi connectivity index (χ1n) is 7.09. The van der Waals surface area contributed by atoms with Crippen LogP contribution < -0.4 is 5.73 Å². The van der Waals surface area contributed by atoms with Gasteiger partial charge in [0.1, 0.15) is 6.04 Å². The summed E-state index contributed by atoms with van der Waals surface area (Å²) in [7, 11) is 0. The average molecular weight is 289 g/mol. The third-order valence-electron chi connectivity index (χ3n) is 2.79. The second kappa shape index (κ2) is 12.5. The van der Waals surface area contributed by atoms with Gasteiger partial charge in [-0.05, 0) is 26.7 Å². The van der Waals surface area contributed by atoms with Crippen LogP contribution >= 0.6 is 12.6 Å². The van der Waals surface area contributed by atoms with Gasteiger partial charge in [0, 0.05) is 4.75 Å². The second-order valence-corrected chi connectivity index (χ2v) is 6.47. The van der Waals surface area contributed by atoms with Crippen molar-refractivity contribution >= 4 is 18.6 Å². The maximum absolute atomic E-state index is 10.2. The molecule has 1 atom stereocenters. The number of unbranched alkanes of at least 4 members (excludes halogenated alkanes) is 6. The van der Waals surface area contributed by atoms with E-state index in [9.17, 15) is 4.79 Å². The molecule has 0 aromatic rings. The number of hydrogen-bond acceptors (Lipinski definition) is 3. The number of carboxylic acids is 1. The van der Waals surface area contributed by atoms with Crippen molar-refractivity contribution in [1.29, 1.82) is 0 Å². The van der Waals surface area contributed by atoms with Crippen molar-refractivity contribution in [2.24, 2.45) is 5.73 Å². The lowest BCUT2D eigenvalue weighted by Crippen LogP contribution is -2.45. The molecule has 0 radical (unpaired) electrons. The minimum absolute atomic E-state index is 0.647. The molecular formula is C15H31NO2S. The summed E-state index contributed by atoms with van der Waals surface area (Å²) in [6.07, 6.45) is 11.6. The fourth-order valence-electron chi connectivity index (χ4n) is 1.37. The molecular weight excluding hydrogens is 258 g/mol. The van der Waals surface area contributed by atoms with Gasteiger partial charge in [0.05, 0.1) is 0 Å². The van der Waals surface area contributed by atoms with E-state index in [1.807, 2.05) is 6.08 Å². The van der Waals surface area contributed by atoms with Crippen LogP contribution in [0.3, 0.4) is 0 Å². The zero-order valence-corrected chi connectivity index (χ0v) is 13.6. The molecule has 0 bridgehead atoms. The van der Waals surface area contributed by atoms with Crippen molar-refractivity contribution in [1.82, 2.24) is 0 Å². The van der Waals surface area contributed by atoms with E-state index < -0.39 is 16.8 Å². The number of rotatable bonds is 9. The molecule has 0 aliphatic carbocycles. The second-order valence-electron chi connectivity index (χ2n) is 5.31. The standard InChI is InChI=1S/C10H20.C5H11NO2S/c1-3-5-7-9-10-8-6-4-2;1-5(2,9)3(6)4(7)8/h3H,1,4-10H2,2H3;3,9H,6H2,1-2H3,(H,7,8)/t;3-/m.1/s1. The molecule has 0 aromatic heterocycles. The zero-order chi connectivity index (χ0) is 15.3. The largest absolute Gasteiger partial charge is 0.480 e. The molecule has 0 saturated carbocycles. The van der Waals surface area contributed by atoms with Gasteiger partial charge in [-0.2, -0.15) is 12.6 Å². The fourth-order valence-corrected chi connectivity index (χ4v) is 1.48. The van der Waals surface area contributed by atoms with E-state index in [-0.39, 0.29) is 0 Å². The normalized spacial score (nSPS) is 12.3. The van der Waals surface area contributed by atoms with Gasteiger partial charge in [0.15, 0.2) is 0 Å². The van der Waals surface area contributed by atoms with E-state index >= 15 is 0 Å². The lowest BCUT2D eigenvalue weighted by molar-refractivity contribution is -0.139. The Morgan fingerprint density at radius 2 is 1.79 bits per heavy atom. The summed E-state index contributed by atoms with van der Waals surface area (Å²) in [5, 5.41) is 8.34. The molecule has 0 rings (SSSR count). The molecule has 0 aliphatic heterocycles. The lowest BCUT2D eigenvalue weighted by atomic mass is 10.1. The summed E-state index contributed by atoms with van der Waals surface area (Å²) in [5.74, 6) is -1.02. The summed E-state index contributed by atoms with van der Waals surface area (Å²) in [6.45, 7) is 9.27. The van der Waals surface area contributed by atoms with Crippen molar-refractivity contribution in [2.45, 2.75) is 76.5 Å². The molecule has 0 amide bonds. The number of aliphatic carboxylic acids is 1. The van der Waals surface area contributed by atoms with Crippen LogP contribution in [-0.4, -0.2) is 21.9 Å². The molecule has 0 fully saturated rings. The monoisotopic (exact) mass is 289 g/mol. The SMILES string of the molecule is C=CCCCCCCCC.CC(C)(S)[C@H](N)C(=O)O. The predicted molar refractivity (Wildman–Crippen MR) is 86.9 cm³/mol. The molecule has 0 saturated heterocycles. The van der Waals surface area contributed by atoms with Crippen LogP contribution in [0, 0.1) is 0 Å². The number of nitrogens with two attached hydrogens (primary N) is 1. The molecule has 3 nitrogen and oxygen atoms in total. The molecule has 3 N–H and O–H groups in total. The smallest absolute Gasteiger partial charge is 0.321 e. The zero-order valence-electron chi connectivity index (χ0n) is 12.7. The maximum Gasteiger partial charge on any atom is 0.321 e. The minimum Gasteiger partial charge on any atom is -0.480 e. The fraction of sp³-hybridized carbons (Fsp3) is 0.800. The summed E-state index contributed by atoms with van der Waals surface area (Å²) >= 11 is 3.98. The molecule has 114 valence electrons. The van der Waals surface area contributed by atoms with Crippen LogP contribution in [0.5, 0.6) is 0 Å².